The van der Waals surface area contributed by atoms with E-state index in [9.17, 15) is 22.8 Å². The lowest BCUT2D eigenvalue weighted by molar-refractivity contribution is -0.138. The number of halogens is 3. The minimum absolute atomic E-state index is 0.00725. The molecule has 262 valence electrons. The fourth-order valence-electron chi connectivity index (χ4n) is 6.81. The number of aryl methyl sites for hydroxylation is 2. The second-order valence-electron chi connectivity index (χ2n) is 13.4. The molecule has 0 bridgehead atoms. The molecular formula is C35H43F3N8O3. The molecule has 2 saturated heterocycles. The highest BCUT2D eigenvalue weighted by Crippen LogP contribution is 2.40. The fourth-order valence-corrected chi connectivity index (χ4v) is 6.81. The number of nitrogens with one attached hydrogen (secondary N) is 2. The van der Waals surface area contributed by atoms with E-state index in [1.165, 1.54) is 7.11 Å². The van der Waals surface area contributed by atoms with E-state index < -0.39 is 17.2 Å². The predicted octanol–water partition coefficient (Wildman–Crippen LogP) is 4.16. The number of fused-ring (bicyclic) bond motifs is 1. The lowest BCUT2D eigenvalue weighted by atomic mass is 9.82. The molecule has 0 aliphatic carbocycles. The first-order valence-electron chi connectivity index (χ1n) is 16.6. The zero-order valence-electron chi connectivity index (χ0n) is 28.4. The third kappa shape index (κ3) is 7.44. The lowest BCUT2D eigenvalue weighted by Crippen LogP contribution is -2.53. The first kappa shape index (κ1) is 34.4. The van der Waals surface area contributed by atoms with Crippen molar-refractivity contribution in [3.63, 3.8) is 0 Å². The maximum atomic E-state index is 14.0. The Morgan fingerprint density at radius 3 is 2.45 bits per heavy atom. The van der Waals surface area contributed by atoms with Crippen LogP contribution in [-0.4, -0.2) is 110 Å². The van der Waals surface area contributed by atoms with Crippen LogP contribution in [0.15, 0.2) is 42.6 Å². The molecule has 0 saturated carbocycles. The normalized spacial score (nSPS) is 18.3. The van der Waals surface area contributed by atoms with E-state index in [0.29, 0.717) is 49.8 Å². The second-order valence-corrected chi connectivity index (χ2v) is 13.4. The quantitative estimate of drug-likeness (QED) is 0.345. The Bertz CT molecular complexity index is 1700. The fraction of sp³-hybridized carbons (Fsp3) is 0.486. The van der Waals surface area contributed by atoms with Gasteiger partial charge in [-0.1, -0.05) is 12.1 Å². The predicted molar refractivity (Wildman–Crippen MR) is 182 cm³/mol. The van der Waals surface area contributed by atoms with Crippen LogP contribution in [0.2, 0.25) is 0 Å². The van der Waals surface area contributed by atoms with Crippen LogP contribution < -0.4 is 20.3 Å². The minimum Gasteiger partial charge on any atom is -0.494 e. The Morgan fingerprint density at radius 2 is 1.76 bits per heavy atom. The van der Waals surface area contributed by atoms with Crippen LogP contribution in [0.1, 0.15) is 36.2 Å². The number of likely N-dealkylation sites (N-methyl/N-ethyl adjacent to an activating group) is 1. The number of anilines is 4. The molecule has 49 heavy (non-hydrogen) atoms. The molecule has 3 aromatic rings. The van der Waals surface area contributed by atoms with Gasteiger partial charge in [-0.3, -0.25) is 14.5 Å². The van der Waals surface area contributed by atoms with Crippen LogP contribution >= 0.6 is 0 Å². The Balaban J connectivity index is 1.13. The summed E-state index contributed by atoms with van der Waals surface area (Å²) < 4.78 is 47.8. The molecule has 0 unspecified atom stereocenters. The molecule has 3 aliphatic rings. The molecule has 11 nitrogen and oxygen atoms in total. The number of aromatic nitrogens is 2. The van der Waals surface area contributed by atoms with Gasteiger partial charge in [0.25, 0.3) is 0 Å². The van der Waals surface area contributed by atoms with Crippen molar-refractivity contribution >= 4 is 34.8 Å². The van der Waals surface area contributed by atoms with E-state index in [4.69, 9.17) is 4.74 Å². The average Bonchev–Trinajstić information content (AvgIpc) is 3.32. The third-order valence-electron chi connectivity index (χ3n) is 9.78. The Kier molecular flexibility index (Phi) is 9.72. The van der Waals surface area contributed by atoms with Gasteiger partial charge in [0, 0.05) is 76.0 Å². The number of amides is 2. The second kappa shape index (κ2) is 13.8. The van der Waals surface area contributed by atoms with Gasteiger partial charge in [-0.15, -0.1) is 0 Å². The van der Waals surface area contributed by atoms with E-state index in [-0.39, 0.29) is 36.3 Å². The summed E-state index contributed by atoms with van der Waals surface area (Å²) in [5, 5.41) is 5.91. The number of nitrogens with zero attached hydrogens (tertiary/aromatic N) is 6. The van der Waals surface area contributed by atoms with Gasteiger partial charge in [-0.2, -0.15) is 13.2 Å². The number of hydrogen-bond acceptors (Lipinski definition) is 9. The number of carbonyl (C=O) groups excluding carboxylic acids is 2. The van der Waals surface area contributed by atoms with E-state index in [2.05, 4.69) is 42.3 Å². The number of piperazine rings is 2. The number of ether oxygens (including phenoxy) is 1. The van der Waals surface area contributed by atoms with Crippen molar-refractivity contribution in [2.75, 3.05) is 88.6 Å². The molecule has 0 spiro atoms. The number of methoxy groups -OCH3 is 1. The molecule has 3 aliphatic heterocycles. The molecule has 0 atom stereocenters. The van der Waals surface area contributed by atoms with Crippen molar-refractivity contribution in [2.24, 2.45) is 0 Å². The van der Waals surface area contributed by atoms with Gasteiger partial charge >= 0.3 is 6.18 Å². The summed E-state index contributed by atoms with van der Waals surface area (Å²) in [6.07, 6.45) is -3.58. The lowest BCUT2D eigenvalue weighted by Gasteiger charge is -2.38. The van der Waals surface area contributed by atoms with Crippen LogP contribution in [0, 0.1) is 0 Å². The van der Waals surface area contributed by atoms with Gasteiger partial charge < -0.3 is 30.1 Å². The highest BCUT2D eigenvalue weighted by molar-refractivity contribution is 6.06. The van der Waals surface area contributed by atoms with Gasteiger partial charge in [-0.25, -0.2) is 9.97 Å². The highest BCUT2D eigenvalue weighted by atomic mass is 19.4. The van der Waals surface area contributed by atoms with Crippen LogP contribution in [0.5, 0.6) is 5.75 Å². The molecule has 2 N–H and O–H groups in total. The zero-order chi connectivity index (χ0) is 34.9. The van der Waals surface area contributed by atoms with E-state index in [1.54, 1.807) is 18.2 Å². The number of rotatable bonds is 9. The molecule has 0 radical (unpaired) electrons. The molecule has 2 amide bonds. The van der Waals surface area contributed by atoms with Gasteiger partial charge in [0.1, 0.15) is 5.75 Å². The molecule has 4 heterocycles. The summed E-state index contributed by atoms with van der Waals surface area (Å²) in [6.45, 7) is 10.4. The number of hydrogen-bond donors (Lipinski definition) is 2. The van der Waals surface area contributed by atoms with Crippen molar-refractivity contribution in [3.8, 4) is 5.75 Å². The summed E-state index contributed by atoms with van der Waals surface area (Å²) in [6, 6.07) is 11.0. The topological polar surface area (TPSA) is 106 Å². The first-order chi connectivity index (χ1) is 23.3. The molecule has 1 aromatic heterocycles. The van der Waals surface area contributed by atoms with Gasteiger partial charge in [0.05, 0.1) is 36.0 Å². The van der Waals surface area contributed by atoms with Crippen molar-refractivity contribution < 1.29 is 27.5 Å². The van der Waals surface area contributed by atoms with Crippen LogP contribution in [0.25, 0.3) is 0 Å². The molecular weight excluding hydrogens is 637 g/mol. The summed E-state index contributed by atoms with van der Waals surface area (Å²) in [5.41, 5.74) is 1.84. The highest BCUT2D eigenvalue weighted by Gasteiger charge is 2.40. The van der Waals surface area contributed by atoms with Gasteiger partial charge in [0.2, 0.25) is 17.8 Å². The summed E-state index contributed by atoms with van der Waals surface area (Å²) >= 11 is 0. The van der Waals surface area contributed by atoms with Gasteiger partial charge in [0.15, 0.2) is 0 Å². The van der Waals surface area contributed by atoms with Crippen LogP contribution in [-0.2, 0) is 34.0 Å². The van der Waals surface area contributed by atoms with Crippen molar-refractivity contribution in [1.29, 1.82) is 0 Å². The molecule has 2 fully saturated rings. The molecule has 6 rings (SSSR count). The van der Waals surface area contributed by atoms with Gasteiger partial charge in [-0.05, 0) is 63.1 Å². The summed E-state index contributed by atoms with van der Waals surface area (Å²) in [7, 11) is 3.62. The van der Waals surface area contributed by atoms with E-state index in [0.717, 1.165) is 49.2 Å². The van der Waals surface area contributed by atoms with Crippen molar-refractivity contribution in [3.05, 3.63) is 65.0 Å². The first-order valence-corrected chi connectivity index (χ1v) is 16.6. The standard InChI is InChI=1S/C35H43F3N8O3/c1-34(2)31-23(6-5-7-28(31)40-32(34)48)8-10-26-25(35(36,37)38)21-39-33(41-26)42-27-11-9-24(20-29(27)49-4)45-16-18-46(19-17-45)30(47)22-44-14-12-43(3)13-15-44/h5-7,9,11,20-21H,8,10,12-19,22H2,1-4H3,(H,40,48)(H,39,41,42). The Morgan fingerprint density at radius 1 is 1.02 bits per heavy atom. The zero-order valence-corrected chi connectivity index (χ0v) is 28.4. The van der Waals surface area contributed by atoms with Crippen LogP contribution in [0.4, 0.5) is 36.2 Å². The van der Waals surface area contributed by atoms with E-state index >= 15 is 0 Å². The monoisotopic (exact) mass is 680 g/mol. The maximum absolute atomic E-state index is 14.0. The largest absolute Gasteiger partial charge is 0.494 e. The Labute approximate surface area is 284 Å². The maximum Gasteiger partial charge on any atom is 0.419 e. The van der Waals surface area contributed by atoms with E-state index in [1.807, 2.05) is 36.9 Å². The third-order valence-corrected chi connectivity index (χ3v) is 9.78. The average molecular weight is 681 g/mol. The minimum atomic E-state index is -4.64. The summed E-state index contributed by atoms with van der Waals surface area (Å²) in [4.78, 5) is 42.4. The molecule has 2 aromatic carbocycles. The number of benzene rings is 2. The Hall–Kier alpha value is -4.43. The van der Waals surface area contributed by atoms with Crippen molar-refractivity contribution in [2.45, 2.75) is 38.3 Å². The van der Waals surface area contributed by atoms with Crippen LogP contribution in [0.3, 0.4) is 0 Å². The van der Waals surface area contributed by atoms with Crippen molar-refractivity contribution in [1.82, 2.24) is 24.7 Å². The smallest absolute Gasteiger partial charge is 0.419 e. The SMILES string of the molecule is COc1cc(N2CCN(C(=O)CN3CCN(C)CC3)CC2)ccc1Nc1ncc(C(F)(F)F)c(CCc2cccc3c2C(C)(C)C(=O)N3)n1. The summed E-state index contributed by atoms with van der Waals surface area (Å²) in [5.74, 6) is 0.502. The number of alkyl halides is 3. The number of carbonyl (C=O) groups is 2. The molecule has 14 heteroatoms.